The van der Waals surface area contributed by atoms with Crippen LogP contribution in [-0.2, 0) is 9.53 Å². The lowest BCUT2D eigenvalue weighted by molar-refractivity contribution is -0.138. The van der Waals surface area contributed by atoms with Crippen molar-refractivity contribution in [1.82, 2.24) is 10.2 Å². The smallest absolute Gasteiger partial charge is 0.240 e. The minimum atomic E-state index is -0.0279. The fourth-order valence-electron chi connectivity index (χ4n) is 3.02. The highest BCUT2D eigenvalue weighted by Gasteiger charge is 2.45. The molecule has 0 radical (unpaired) electrons. The fourth-order valence-corrected chi connectivity index (χ4v) is 3.02. The van der Waals surface area contributed by atoms with Crippen LogP contribution in [0.2, 0.25) is 0 Å². The predicted octanol–water partition coefficient (Wildman–Crippen LogP) is 1.75. The Bertz CT molecular complexity index is 300. The van der Waals surface area contributed by atoms with Crippen LogP contribution in [0.1, 0.15) is 47.0 Å². The lowest BCUT2D eigenvalue weighted by Gasteiger charge is -2.43. The average molecular weight is 254 g/mol. The van der Waals surface area contributed by atoms with Crippen LogP contribution in [0.25, 0.3) is 0 Å². The molecule has 1 saturated carbocycles. The molecule has 18 heavy (non-hydrogen) atoms. The van der Waals surface area contributed by atoms with Gasteiger partial charge in [-0.25, -0.2) is 0 Å². The molecule has 4 nitrogen and oxygen atoms in total. The zero-order valence-electron chi connectivity index (χ0n) is 12.0. The Kier molecular flexibility index (Phi) is 4.28. The Morgan fingerprint density at radius 2 is 2.11 bits per heavy atom. The van der Waals surface area contributed by atoms with Gasteiger partial charge < -0.3 is 9.64 Å². The first-order valence-corrected chi connectivity index (χ1v) is 7.22. The van der Waals surface area contributed by atoms with E-state index in [9.17, 15) is 4.79 Å². The van der Waals surface area contributed by atoms with Crippen molar-refractivity contribution in [1.29, 1.82) is 0 Å². The second-order valence-electron chi connectivity index (χ2n) is 5.98. The maximum Gasteiger partial charge on any atom is 0.240 e. The Morgan fingerprint density at radius 1 is 1.44 bits per heavy atom. The molecule has 2 aliphatic rings. The number of nitrogens with zero attached hydrogens (tertiary/aromatic N) is 1. The molecule has 0 aromatic heterocycles. The summed E-state index contributed by atoms with van der Waals surface area (Å²) in [6, 6.07) is 0.357. The standard InChI is InChI=1S/C14H26N2O2/c1-5-18-12-7-11(8-12)16-13(6-9(2)3)15-10(4)14(16)17/h9-13,15H,5-8H2,1-4H3. The second kappa shape index (κ2) is 5.57. The number of hydrogen-bond donors (Lipinski definition) is 1. The molecular formula is C14H26N2O2. The van der Waals surface area contributed by atoms with E-state index in [1.807, 2.05) is 13.8 Å². The summed E-state index contributed by atoms with van der Waals surface area (Å²) in [5, 5.41) is 3.42. The van der Waals surface area contributed by atoms with E-state index in [0.717, 1.165) is 25.9 Å². The largest absolute Gasteiger partial charge is 0.378 e. The summed E-state index contributed by atoms with van der Waals surface area (Å²) in [5.74, 6) is 0.867. The quantitative estimate of drug-likeness (QED) is 0.812. The minimum absolute atomic E-state index is 0.0279. The lowest BCUT2D eigenvalue weighted by atomic mass is 9.87. The molecule has 1 N–H and O–H groups in total. The van der Waals surface area contributed by atoms with Crippen LogP contribution in [0.4, 0.5) is 0 Å². The van der Waals surface area contributed by atoms with Crippen molar-refractivity contribution in [3.8, 4) is 0 Å². The van der Waals surface area contributed by atoms with E-state index in [4.69, 9.17) is 4.74 Å². The van der Waals surface area contributed by atoms with Crippen molar-refractivity contribution in [3.63, 3.8) is 0 Å². The van der Waals surface area contributed by atoms with Crippen molar-refractivity contribution in [2.75, 3.05) is 6.61 Å². The van der Waals surface area contributed by atoms with E-state index >= 15 is 0 Å². The molecule has 2 rings (SSSR count). The van der Waals surface area contributed by atoms with Crippen LogP contribution < -0.4 is 5.32 Å². The topological polar surface area (TPSA) is 41.6 Å². The molecule has 0 aromatic rings. The van der Waals surface area contributed by atoms with E-state index in [2.05, 4.69) is 24.1 Å². The maximum absolute atomic E-state index is 12.2. The molecule has 1 amide bonds. The van der Waals surface area contributed by atoms with Gasteiger partial charge in [-0.3, -0.25) is 10.1 Å². The molecule has 104 valence electrons. The molecule has 4 heteroatoms. The molecule has 0 aromatic carbocycles. The number of nitrogens with one attached hydrogen (secondary N) is 1. The number of carbonyl (C=O) groups is 1. The zero-order chi connectivity index (χ0) is 13.3. The third-order valence-corrected chi connectivity index (χ3v) is 3.96. The first-order valence-electron chi connectivity index (χ1n) is 7.22. The Labute approximate surface area is 110 Å². The van der Waals surface area contributed by atoms with Crippen LogP contribution in [0.15, 0.2) is 0 Å². The van der Waals surface area contributed by atoms with Gasteiger partial charge in [0.25, 0.3) is 0 Å². The van der Waals surface area contributed by atoms with Crippen molar-refractivity contribution < 1.29 is 9.53 Å². The number of rotatable bonds is 5. The van der Waals surface area contributed by atoms with Gasteiger partial charge in [0.2, 0.25) is 5.91 Å². The summed E-state index contributed by atoms with van der Waals surface area (Å²) in [6.45, 7) is 9.18. The summed E-state index contributed by atoms with van der Waals surface area (Å²) >= 11 is 0. The minimum Gasteiger partial charge on any atom is -0.378 e. The Hall–Kier alpha value is -0.610. The normalized spacial score (nSPS) is 36.3. The monoisotopic (exact) mass is 254 g/mol. The van der Waals surface area contributed by atoms with E-state index in [1.54, 1.807) is 0 Å². The van der Waals surface area contributed by atoms with Gasteiger partial charge >= 0.3 is 0 Å². The molecule has 1 aliphatic carbocycles. The van der Waals surface area contributed by atoms with Gasteiger partial charge in [0.05, 0.1) is 18.3 Å². The highest BCUT2D eigenvalue weighted by atomic mass is 16.5. The van der Waals surface area contributed by atoms with E-state index in [1.165, 1.54) is 0 Å². The molecule has 1 saturated heterocycles. The number of ether oxygens (including phenoxy) is 1. The van der Waals surface area contributed by atoms with Gasteiger partial charge in [-0.05, 0) is 39.0 Å². The molecule has 0 spiro atoms. The van der Waals surface area contributed by atoms with Gasteiger partial charge in [0.15, 0.2) is 0 Å². The Balaban J connectivity index is 1.94. The summed E-state index contributed by atoms with van der Waals surface area (Å²) in [5.41, 5.74) is 0. The van der Waals surface area contributed by atoms with Gasteiger partial charge in [0, 0.05) is 12.6 Å². The highest BCUT2D eigenvalue weighted by molar-refractivity contribution is 5.84. The second-order valence-corrected chi connectivity index (χ2v) is 5.98. The van der Waals surface area contributed by atoms with Gasteiger partial charge in [-0.1, -0.05) is 13.8 Å². The summed E-state index contributed by atoms with van der Waals surface area (Å²) < 4.78 is 5.59. The summed E-state index contributed by atoms with van der Waals surface area (Å²) in [6.07, 6.45) is 3.63. The van der Waals surface area contributed by atoms with Crippen LogP contribution in [0, 0.1) is 5.92 Å². The van der Waals surface area contributed by atoms with Crippen LogP contribution >= 0.6 is 0 Å². The maximum atomic E-state index is 12.2. The molecular weight excluding hydrogens is 228 g/mol. The molecule has 2 fully saturated rings. The lowest BCUT2D eigenvalue weighted by Crippen LogP contribution is -2.53. The first-order chi connectivity index (χ1) is 8.52. The Morgan fingerprint density at radius 3 is 2.67 bits per heavy atom. The number of carbonyl (C=O) groups excluding carboxylic acids is 1. The molecule has 2 atom stereocenters. The predicted molar refractivity (Wildman–Crippen MR) is 71.1 cm³/mol. The summed E-state index contributed by atoms with van der Waals surface area (Å²) in [4.78, 5) is 14.3. The van der Waals surface area contributed by atoms with Gasteiger partial charge in [-0.15, -0.1) is 0 Å². The van der Waals surface area contributed by atoms with Crippen molar-refractivity contribution in [2.45, 2.75) is 71.3 Å². The molecule has 1 heterocycles. The third-order valence-electron chi connectivity index (χ3n) is 3.96. The SMILES string of the molecule is CCOC1CC(N2C(=O)C(C)NC2CC(C)C)C1. The number of amides is 1. The zero-order valence-corrected chi connectivity index (χ0v) is 12.0. The third kappa shape index (κ3) is 2.69. The molecule has 1 aliphatic heterocycles. The van der Waals surface area contributed by atoms with E-state index in [0.29, 0.717) is 18.1 Å². The van der Waals surface area contributed by atoms with Crippen molar-refractivity contribution in [3.05, 3.63) is 0 Å². The van der Waals surface area contributed by atoms with E-state index < -0.39 is 0 Å². The summed E-state index contributed by atoms with van der Waals surface area (Å²) in [7, 11) is 0. The van der Waals surface area contributed by atoms with E-state index in [-0.39, 0.29) is 18.1 Å². The van der Waals surface area contributed by atoms with Crippen LogP contribution in [-0.4, -0.2) is 41.8 Å². The average Bonchev–Trinajstić information content (AvgIpc) is 2.48. The number of hydrogen-bond acceptors (Lipinski definition) is 3. The first kappa shape index (κ1) is 13.8. The van der Waals surface area contributed by atoms with Crippen molar-refractivity contribution >= 4 is 5.91 Å². The fraction of sp³-hybridized carbons (Fsp3) is 0.929. The molecule has 0 bridgehead atoms. The highest BCUT2D eigenvalue weighted by Crippen LogP contribution is 2.33. The van der Waals surface area contributed by atoms with Gasteiger partial charge in [0.1, 0.15) is 0 Å². The molecule has 2 unspecified atom stereocenters. The van der Waals surface area contributed by atoms with Crippen LogP contribution in [0.3, 0.4) is 0 Å². The van der Waals surface area contributed by atoms with Gasteiger partial charge in [-0.2, -0.15) is 0 Å². The van der Waals surface area contributed by atoms with Crippen LogP contribution in [0.5, 0.6) is 0 Å². The van der Waals surface area contributed by atoms with Crippen molar-refractivity contribution in [2.24, 2.45) is 5.92 Å².